The molecule has 0 unspecified atom stereocenters. The number of hydrogen-bond acceptors (Lipinski definition) is 4. The Balaban J connectivity index is 1.90. The molecule has 0 bridgehead atoms. The summed E-state index contributed by atoms with van der Waals surface area (Å²) in [5.41, 5.74) is 2.05. The molecule has 0 aliphatic carbocycles. The fourth-order valence-corrected chi connectivity index (χ4v) is 4.14. The number of aromatic nitrogens is 1. The molecule has 26 heavy (non-hydrogen) atoms. The molecule has 7 heteroatoms. The van der Waals surface area contributed by atoms with Gasteiger partial charge in [-0.1, -0.05) is 36.4 Å². The highest BCUT2D eigenvalue weighted by molar-refractivity contribution is 7.88. The zero-order valence-electron chi connectivity index (χ0n) is 15.0. The Morgan fingerprint density at radius 2 is 1.62 bits per heavy atom. The zero-order chi connectivity index (χ0) is 18.7. The van der Waals surface area contributed by atoms with Crippen molar-refractivity contribution in [3.63, 3.8) is 0 Å². The number of ether oxygens (including phenoxy) is 1. The van der Waals surface area contributed by atoms with Crippen molar-refractivity contribution in [3.05, 3.63) is 48.5 Å². The van der Waals surface area contributed by atoms with E-state index in [1.165, 1.54) is 11.4 Å². The number of fused-ring (bicyclic) bond motifs is 3. The van der Waals surface area contributed by atoms with Crippen molar-refractivity contribution in [2.75, 3.05) is 33.1 Å². The van der Waals surface area contributed by atoms with E-state index < -0.39 is 16.1 Å². The molecule has 1 aromatic heterocycles. The number of benzene rings is 2. The van der Waals surface area contributed by atoms with Crippen LogP contribution >= 0.6 is 0 Å². The van der Waals surface area contributed by atoms with Gasteiger partial charge in [-0.15, -0.1) is 0 Å². The van der Waals surface area contributed by atoms with Gasteiger partial charge in [0.05, 0.1) is 25.5 Å². The van der Waals surface area contributed by atoms with Gasteiger partial charge in [0.1, 0.15) is 0 Å². The third-order valence-electron chi connectivity index (χ3n) is 4.50. The van der Waals surface area contributed by atoms with E-state index in [2.05, 4.69) is 12.1 Å². The third-order valence-corrected chi connectivity index (χ3v) is 5.77. The lowest BCUT2D eigenvalue weighted by molar-refractivity contribution is 0.115. The summed E-state index contributed by atoms with van der Waals surface area (Å²) in [4.78, 5) is 0. The molecule has 3 rings (SSSR count). The minimum absolute atomic E-state index is 0.0308. The lowest BCUT2D eigenvalue weighted by Gasteiger charge is -2.23. The van der Waals surface area contributed by atoms with Crippen molar-refractivity contribution in [3.8, 4) is 0 Å². The van der Waals surface area contributed by atoms with Crippen molar-refractivity contribution >= 4 is 31.8 Å². The number of nitrogens with zero attached hydrogens (tertiary/aromatic N) is 2. The lowest BCUT2D eigenvalue weighted by atomic mass is 10.2. The van der Waals surface area contributed by atoms with Crippen LogP contribution in [0.1, 0.15) is 0 Å². The van der Waals surface area contributed by atoms with Gasteiger partial charge >= 0.3 is 0 Å². The second-order valence-corrected chi connectivity index (χ2v) is 8.39. The first-order valence-electron chi connectivity index (χ1n) is 8.50. The van der Waals surface area contributed by atoms with Gasteiger partial charge in [-0.25, -0.2) is 8.42 Å². The topological polar surface area (TPSA) is 71.8 Å². The Hall–Kier alpha value is -1.93. The molecule has 0 fully saturated rings. The van der Waals surface area contributed by atoms with Gasteiger partial charge in [-0.2, -0.15) is 4.31 Å². The molecule has 0 saturated heterocycles. The minimum Gasteiger partial charge on any atom is -0.390 e. The van der Waals surface area contributed by atoms with Gasteiger partial charge in [0.25, 0.3) is 0 Å². The Kier molecular flexibility index (Phi) is 5.62. The van der Waals surface area contributed by atoms with E-state index >= 15 is 0 Å². The van der Waals surface area contributed by atoms with E-state index in [0.717, 1.165) is 28.1 Å². The molecule has 0 aliphatic heterocycles. The Labute approximate surface area is 153 Å². The summed E-state index contributed by atoms with van der Waals surface area (Å²) in [5, 5.41) is 12.8. The maximum Gasteiger partial charge on any atom is 0.211 e. The van der Waals surface area contributed by atoms with Crippen molar-refractivity contribution in [2.45, 2.75) is 12.6 Å². The molecule has 0 radical (unpaired) electrons. The summed E-state index contributed by atoms with van der Waals surface area (Å²) in [5.74, 6) is 0. The van der Waals surface area contributed by atoms with Crippen LogP contribution in [0.5, 0.6) is 0 Å². The van der Waals surface area contributed by atoms with Crippen molar-refractivity contribution < 1.29 is 18.3 Å². The molecule has 3 aromatic rings. The zero-order valence-corrected chi connectivity index (χ0v) is 15.8. The average Bonchev–Trinajstić information content (AvgIpc) is 2.92. The van der Waals surface area contributed by atoms with Gasteiger partial charge in [0, 0.05) is 42.0 Å². The minimum atomic E-state index is -3.41. The molecular formula is C19H24N2O4S. The summed E-state index contributed by atoms with van der Waals surface area (Å²) < 4.78 is 32.2. The maximum atomic E-state index is 12.0. The molecule has 1 heterocycles. The third kappa shape index (κ3) is 3.91. The number of para-hydroxylation sites is 2. The first-order valence-corrected chi connectivity index (χ1v) is 10.3. The number of methoxy groups -OCH3 is 1. The smallest absolute Gasteiger partial charge is 0.211 e. The van der Waals surface area contributed by atoms with Crippen LogP contribution in [0.3, 0.4) is 0 Å². The molecule has 0 amide bonds. The van der Waals surface area contributed by atoms with Gasteiger partial charge in [-0.05, 0) is 12.1 Å². The second kappa shape index (κ2) is 7.75. The Morgan fingerprint density at radius 1 is 1.08 bits per heavy atom. The van der Waals surface area contributed by atoms with E-state index in [4.69, 9.17) is 4.74 Å². The van der Waals surface area contributed by atoms with Crippen LogP contribution in [0.15, 0.2) is 48.5 Å². The van der Waals surface area contributed by atoms with Gasteiger partial charge in [-0.3, -0.25) is 0 Å². The van der Waals surface area contributed by atoms with Crippen molar-refractivity contribution in [2.24, 2.45) is 0 Å². The number of aliphatic hydroxyl groups excluding tert-OH is 1. The molecule has 140 valence electrons. The van der Waals surface area contributed by atoms with Crippen molar-refractivity contribution in [1.82, 2.24) is 8.87 Å². The molecule has 2 aromatic carbocycles. The first-order chi connectivity index (χ1) is 12.4. The molecule has 0 saturated carbocycles. The summed E-state index contributed by atoms with van der Waals surface area (Å²) in [6, 6.07) is 16.1. The fraction of sp³-hybridized carbons (Fsp3) is 0.368. The summed E-state index contributed by atoms with van der Waals surface area (Å²) in [7, 11) is -1.89. The van der Waals surface area contributed by atoms with Gasteiger partial charge in [0.15, 0.2) is 0 Å². The number of aliphatic hydroxyl groups is 1. The van der Waals surface area contributed by atoms with Crippen LogP contribution in [-0.2, 0) is 21.3 Å². The van der Waals surface area contributed by atoms with E-state index in [-0.39, 0.29) is 19.7 Å². The van der Waals surface area contributed by atoms with Crippen LogP contribution < -0.4 is 0 Å². The van der Waals surface area contributed by atoms with Crippen LogP contribution in [0.2, 0.25) is 0 Å². The predicted molar refractivity (Wildman–Crippen MR) is 104 cm³/mol. The van der Waals surface area contributed by atoms with Gasteiger partial charge in [0.2, 0.25) is 10.0 Å². The second-order valence-electron chi connectivity index (χ2n) is 6.41. The predicted octanol–water partition coefficient (Wildman–Crippen LogP) is 2.06. The van der Waals surface area contributed by atoms with E-state index in [0.29, 0.717) is 6.54 Å². The van der Waals surface area contributed by atoms with Crippen LogP contribution in [0, 0.1) is 0 Å². The van der Waals surface area contributed by atoms with Gasteiger partial charge < -0.3 is 14.4 Å². The molecule has 1 atom stereocenters. The van der Waals surface area contributed by atoms with Crippen LogP contribution in [0.4, 0.5) is 0 Å². The highest BCUT2D eigenvalue weighted by atomic mass is 32.2. The highest BCUT2D eigenvalue weighted by Crippen LogP contribution is 2.28. The maximum absolute atomic E-state index is 12.0. The fourth-order valence-electron chi connectivity index (χ4n) is 3.29. The lowest BCUT2D eigenvalue weighted by Crippen LogP contribution is -2.40. The summed E-state index contributed by atoms with van der Waals surface area (Å²) in [6.07, 6.45) is 0.316. The van der Waals surface area contributed by atoms with E-state index in [1.54, 1.807) is 0 Å². The monoisotopic (exact) mass is 376 g/mol. The molecule has 6 nitrogen and oxygen atoms in total. The quantitative estimate of drug-likeness (QED) is 0.653. The normalized spacial score (nSPS) is 13.7. The molecular weight excluding hydrogens is 352 g/mol. The summed E-state index contributed by atoms with van der Waals surface area (Å²) in [6.45, 7) is 0.852. The van der Waals surface area contributed by atoms with E-state index in [9.17, 15) is 13.5 Å². The highest BCUT2D eigenvalue weighted by Gasteiger charge is 2.21. The molecule has 0 spiro atoms. The molecule has 1 N–H and O–H groups in total. The first kappa shape index (κ1) is 18.8. The largest absolute Gasteiger partial charge is 0.390 e. The average molecular weight is 376 g/mol. The SMILES string of the molecule is COCCN(C[C@@H](O)Cn1c2ccccc2c2ccccc21)S(C)(=O)=O. The summed E-state index contributed by atoms with van der Waals surface area (Å²) >= 11 is 0. The number of rotatable bonds is 8. The van der Waals surface area contributed by atoms with Crippen molar-refractivity contribution in [1.29, 1.82) is 0 Å². The van der Waals surface area contributed by atoms with Crippen LogP contribution in [0.25, 0.3) is 21.8 Å². The van der Waals surface area contributed by atoms with Crippen LogP contribution in [-0.4, -0.2) is 61.6 Å². The number of sulfonamides is 1. The van der Waals surface area contributed by atoms with E-state index in [1.807, 2.05) is 41.0 Å². The number of hydrogen-bond donors (Lipinski definition) is 1. The standard InChI is InChI=1S/C19H24N2O4S/c1-25-12-11-20(26(2,23)24)13-15(22)14-21-18-9-5-3-7-16(18)17-8-4-6-10-19(17)21/h3-10,15,22H,11-14H2,1-2H3/t15-/m1/s1. The molecule has 0 aliphatic rings. The Bertz CT molecular complexity index is 944. The Morgan fingerprint density at radius 3 is 2.12 bits per heavy atom.